The second-order valence-electron chi connectivity index (χ2n) is 9.96. The molecule has 1 aliphatic rings. The SMILES string of the molecule is C=C(C)C(=O)OCCOC(=O)c1ccc(C(C2=CC[C@@H](N(CC)CC)C=C2)c2ccc(N(CC)CC)cc2)cc1. The van der Waals surface area contributed by atoms with Crippen LogP contribution < -0.4 is 4.90 Å². The summed E-state index contributed by atoms with van der Waals surface area (Å²) in [6.07, 6.45) is 7.93. The van der Waals surface area contributed by atoms with Gasteiger partial charge in [0, 0.05) is 36.3 Å². The van der Waals surface area contributed by atoms with Crippen molar-refractivity contribution in [3.05, 3.63) is 101 Å². The maximum absolute atomic E-state index is 12.6. The van der Waals surface area contributed by atoms with Crippen molar-refractivity contribution in [2.75, 3.05) is 44.3 Å². The van der Waals surface area contributed by atoms with Crippen LogP contribution in [0.3, 0.4) is 0 Å². The van der Waals surface area contributed by atoms with Gasteiger partial charge in [-0.1, -0.05) is 62.9 Å². The molecule has 1 aliphatic carbocycles. The molecule has 0 N–H and O–H groups in total. The topological polar surface area (TPSA) is 59.1 Å². The van der Waals surface area contributed by atoms with Gasteiger partial charge in [0.05, 0.1) is 5.56 Å². The highest BCUT2D eigenvalue weighted by Gasteiger charge is 2.23. The lowest BCUT2D eigenvalue weighted by Gasteiger charge is -2.30. The Labute approximate surface area is 240 Å². The minimum absolute atomic E-state index is 0.00392. The van der Waals surface area contributed by atoms with Crippen molar-refractivity contribution >= 4 is 17.6 Å². The predicted octanol–water partition coefficient (Wildman–Crippen LogP) is 6.54. The number of ether oxygens (including phenoxy) is 2. The fraction of sp³-hybridized carbons (Fsp3) is 0.412. The van der Waals surface area contributed by atoms with Gasteiger partial charge in [0.25, 0.3) is 0 Å². The summed E-state index contributed by atoms with van der Waals surface area (Å²) in [7, 11) is 0. The highest BCUT2D eigenvalue weighted by Crippen LogP contribution is 2.36. The quantitative estimate of drug-likeness (QED) is 0.153. The number of esters is 2. The number of benzene rings is 2. The number of carbonyl (C=O) groups excluding carboxylic acids is 2. The molecule has 214 valence electrons. The number of likely N-dealkylation sites (N-methyl/N-ethyl adjacent to an activating group) is 1. The van der Waals surface area contributed by atoms with Crippen LogP contribution in [0.1, 0.15) is 68.4 Å². The van der Waals surface area contributed by atoms with E-state index in [-0.39, 0.29) is 19.1 Å². The van der Waals surface area contributed by atoms with Crippen molar-refractivity contribution in [3.63, 3.8) is 0 Å². The molecule has 0 radical (unpaired) electrons. The molecule has 2 atom stereocenters. The van der Waals surface area contributed by atoms with Gasteiger partial charge in [-0.25, -0.2) is 9.59 Å². The molecular weight excluding hydrogens is 500 g/mol. The van der Waals surface area contributed by atoms with E-state index < -0.39 is 11.9 Å². The zero-order chi connectivity index (χ0) is 29.1. The minimum atomic E-state index is -0.494. The van der Waals surface area contributed by atoms with E-state index in [2.05, 4.69) is 86.6 Å². The van der Waals surface area contributed by atoms with E-state index in [4.69, 9.17) is 9.47 Å². The number of carbonyl (C=O) groups is 2. The smallest absolute Gasteiger partial charge is 0.338 e. The summed E-state index contributed by atoms with van der Waals surface area (Å²) in [5.41, 5.74) is 5.57. The highest BCUT2D eigenvalue weighted by molar-refractivity contribution is 5.89. The van der Waals surface area contributed by atoms with Crippen molar-refractivity contribution < 1.29 is 19.1 Å². The van der Waals surface area contributed by atoms with Crippen molar-refractivity contribution in [2.24, 2.45) is 0 Å². The molecule has 0 aliphatic heterocycles. The largest absolute Gasteiger partial charge is 0.459 e. The molecule has 0 spiro atoms. The Morgan fingerprint density at radius 2 is 1.45 bits per heavy atom. The summed E-state index contributed by atoms with van der Waals surface area (Å²) < 4.78 is 10.3. The van der Waals surface area contributed by atoms with Crippen LogP contribution in [0.2, 0.25) is 0 Å². The molecule has 0 fully saturated rings. The number of hydrogen-bond donors (Lipinski definition) is 0. The normalized spacial score (nSPS) is 15.3. The summed E-state index contributed by atoms with van der Waals surface area (Å²) in [4.78, 5) is 28.9. The summed E-state index contributed by atoms with van der Waals surface area (Å²) in [6.45, 7) is 17.8. The fourth-order valence-corrected chi connectivity index (χ4v) is 5.13. The van der Waals surface area contributed by atoms with E-state index in [1.807, 2.05) is 12.1 Å². The Bertz CT molecular complexity index is 1190. The standard InChI is InChI=1S/C34H44N2O4/c1-7-35(8-2)30-19-15-27(16-20-30)32(28-17-21-31(22-18-28)36(9-3)10-4)26-11-13-29(14-12-26)34(38)40-24-23-39-33(37)25(5)6/h11-21,31-32H,5,7-10,22-24H2,1-4,6H3/t31-,32?/m0/s1. The first-order valence-electron chi connectivity index (χ1n) is 14.4. The lowest BCUT2D eigenvalue weighted by Crippen LogP contribution is -2.34. The Morgan fingerprint density at radius 3 is 1.95 bits per heavy atom. The maximum Gasteiger partial charge on any atom is 0.338 e. The molecule has 6 nitrogen and oxygen atoms in total. The van der Waals surface area contributed by atoms with E-state index in [9.17, 15) is 9.59 Å². The third kappa shape index (κ3) is 7.95. The van der Waals surface area contributed by atoms with Crippen LogP contribution in [-0.2, 0) is 14.3 Å². The Hall–Kier alpha value is -3.64. The van der Waals surface area contributed by atoms with Gasteiger partial charge < -0.3 is 14.4 Å². The number of nitrogens with zero attached hydrogens (tertiary/aromatic N) is 2. The molecule has 0 bridgehead atoms. The summed E-state index contributed by atoms with van der Waals surface area (Å²) in [6, 6.07) is 16.9. The van der Waals surface area contributed by atoms with Gasteiger partial charge in [0.1, 0.15) is 13.2 Å². The zero-order valence-corrected chi connectivity index (χ0v) is 24.7. The monoisotopic (exact) mass is 544 g/mol. The third-order valence-electron chi connectivity index (χ3n) is 7.45. The molecule has 3 rings (SSSR count). The Kier molecular flexibility index (Phi) is 11.8. The molecule has 0 saturated heterocycles. The van der Waals surface area contributed by atoms with Crippen LogP contribution in [0.4, 0.5) is 5.69 Å². The molecule has 6 heteroatoms. The number of anilines is 1. The number of hydrogen-bond acceptors (Lipinski definition) is 6. The van der Waals surface area contributed by atoms with E-state index in [1.54, 1.807) is 19.1 Å². The van der Waals surface area contributed by atoms with Gasteiger partial charge in [-0.15, -0.1) is 0 Å². The van der Waals surface area contributed by atoms with E-state index in [1.165, 1.54) is 16.8 Å². The van der Waals surface area contributed by atoms with Gasteiger partial charge in [0.15, 0.2) is 0 Å². The van der Waals surface area contributed by atoms with Crippen LogP contribution in [0.25, 0.3) is 0 Å². The van der Waals surface area contributed by atoms with Crippen LogP contribution in [0, 0.1) is 0 Å². The first-order valence-corrected chi connectivity index (χ1v) is 14.4. The van der Waals surface area contributed by atoms with Crippen LogP contribution in [0.5, 0.6) is 0 Å². The van der Waals surface area contributed by atoms with Crippen LogP contribution in [0.15, 0.2) is 84.5 Å². The van der Waals surface area contributed by atoms with Gasteiger partial charge >= 0.3 is 11.9 Å². The minimum Gasteiger partial charge on any atom is -0.459 e. The number of rotatable bonds is 14. The highest BCUT2D eigenvalue weighted by atomic mass is 16.6. The molecule has 1 unspecified atom stereocenters. The van der Waals surface area contributed by atoms with Crippen molar-refractivity contribution in [1.82, 2.24) is 4.90 Å². The van der Waals surface area contributed by atoms with Crippen LogP contribution >= 0.6 is 0 Å². The third-order valence-corrected chi connectivity index (χ3v) is 7.45. The predicted molar refractivity (Wildman–Crippen MR) is 163 cm³/mol. The lowest BCUT2D eigenvalue weighted by atomic mass is 9.81. The molecule has 2 aromatic rings. The average Bonchev–Trinajstić information content (AvgIpc) is 2.98. The molecule has 0 saturated carbocycles. The zero-order valence-electron chi connectivity index (χ0n) is 24.7. The van der Waals surface area contributed by atoms with Gasteiger partial charge in [-0.2, -0.15) is 0 Å². The average molecular weight is 545 g/mol. The second kappa shape index (κ2) is 15.2. The maximum atomic E-state index is 12.6. The number of allylic oxidation sites excluding steroid dienone is 2. The van der Waals surface area contributed by atoms with Gasteiger partial charge in [-0.3, -0.25) is 4.90 Å². The van der Waals surface area contributed by atoms with Gasteiger partial charge in [0.2, 0.25) is 0 Å². The van der Waals surface area contributed by atoms with E-state index in [0.29, 0.717) is 17.2 Å². The fourth-order valence-electron chi connectivity index (χ4n) is 5.13. The molecule has 0 amide bonds. The summed E-state index contributed by atoms with van der Waals surface area (Å²) in [5, 5.41) is 0. The first-order chi connectivity index (χ1) is 19.3. The Morgan fingerprint density at radius 1 is 0.875 bits per heavy atom. The molecule has 0 aromatic heterocycles. The van der Waals surface area contributed by atoms with Crippen LogP contribution in [-0.4, -0.2) is 62.3 Å². The lowest BCUT2D eigenvalue weighted by molar-refractivity contribution is -0.140. The first kappa shape index (κ1) is 30.9. The second-order valence-corrected chi connectivity index (χ2v) is 9.96. The molecule has 40 heavy (non-hydrogen) atoms. The van der Waals surface area contributed by atoms with E-state index >= 15 is 0 Å². The van der Waals surface area contributed by atoms with Crippen molar-refractivity contribution in [1.29, 1.82) is 0 Å². The summed E-state index contributed by atoms with van der Waals surface area (Å²) in [5.74, 6) is -0.894. The van der Waals surface area contributed by atoms with Crippen molar-refractivity contribution in [3.8, 4) is 0 Å². The van der Waals surface area contributed by atoms with Crippen molar-refractivity contribution in [2.45, 2.75) is 53.0 Å². The molecular formula is C34H44N2O4. The van der Waals surface area contributed by atoms with Gasteiger partial charge in [-0.05, 0) is 81.2 Å². The summed E-state index contributed by atoms with van der Waals surface area (Å²) >= 11 is 0. The Balaban J connectivity index is 1.81. The molecule has 2 aromatic carbocycles. The molecule has 0 heterocycles. The van der Waals surface area contributed by atoms with E-state index in [0.717, 1.165) is 38.2 Å².